The Labute approximate surface area is 204 Å². The van der Waals surface area contributed by atoms with Gasteiger partial charge < -0.3 is 31.6 Å². The Balaban J connectivity index is 0.000000473. The predicted molar refractivity (Wildman–Crippen MR) is 120 cm³/mol. The molecule has 0 aliphatic rings. The fourth-order valence-electron chi connectivity index (χ4n) is 2.03. The summed E-state index contributed by atoms with van der Waals surface area (Å²) in [5.41, 5.74) is -2.03. The Hall–Kier alpha value is -4.04. The summed E-state index contributed by atoms with van der Waals surface area (Å²) in [5, 5.41) is 34.7. The van der Waals surface area contributed by atoms with E-state index < -0.39 is 17.1 Å². The second-order valence-corrected chi connectivity index (χ2v) is 5.91. The van der Waals surface area contributed by atoms with Gasteiger partial charge in [-0.15, -0.1) is 14.2 Å². The van der Waals surface area contributed by atoms with Gasteiger partial charge in [-0.1, -0.05) is 0 Å². The summed E-state index contributed by atoms with van der Waals surface area (Å²) in [6.45, 7) is 7.77. The molecule has 0 unspecified atom stereocenters. The number of hydrogen-bond donors (Lipinski definition) is 6. The third kappa shape index (κ3) is 10.5. The molecule has 3 aromatic rings. The Kier molecular flexibility index (Phi) is 13.8. The molecule has 3 heterocycles. The summed E-state index contributed by atoms with van der Waals surface area (Å²) < 4.78 is 1.29. The summed E-state index contributed by atoms with van der Waals surface area (Å²) in [6, 6.07) is 4.56. The smallest absolute Gasteiger partial charge is 0.382 e. The summed E-state index contributed by atoms with van der Waals surface area (Å²) >= 11 is 0. The standard InChI is InChI=1S/3C6H9N3O2.Fe/c3*1-2-7-5-3-4-9(11)6(10)8-5;/h3*3-4,11H,2H2,1H3,(H,7,8,10);. The molecule has 16 heteroatoms. The van der Waals surface area contributed by atoms with Gasteiger partial charge >= 0.3 is 17.1 Å². The first-order chi connectivity index (χ1) is 15.7. The predicted octanol–water partition coefficient (Wildman–Crippen LogP) is -0.265. The van der Waals surface area contributed by atoms with Gasteiger partial charge in [0.25, 0.3) is 0 Å². The van der Waals surface area contributed by atoms with E-state index in [0.717, 1.165) is 0 Å². The SMILES string of the molecule is CCNc1ccn(O)c(=O)n1.CCNc1ccn(O)c(=O)n1.CCNc1ccn(O)c(=O)n1.[Fe]. The normalized spacial score (nSPS) is 9.26. The van der Waals surface area contributed by atoms with Crippen molar-refractivity contribution in [3.8, 4) is 0 Å². The van der Waals surface area contributed by atoms with Crippen molar-refractivity contribution in [2.45, 2.75) is 20.8 Å². The molecule has 0 aliphatic carbocycles. The summed E-state index contributed by atoms with van der Waals surface area (Å²) in [4.78, 5) is 42.6. The van der Waals surface area contributed by atoms with E-state index in [-0.39, 0.29) is 17.1 Å². The number of hydrogen-bond acceptors (Lipinski definition) is 12. The van der Waals surface area contributed by atoms with E-state index in [9.17, 15) is 14.4 Å². The molecule has 0 amide bonds. The van der Waals surface area contributed by atoms with E-state index in [4.69, 9.17) is 15.6 Å². The molecule has 3 aromatic heterocycles. The van der Waals surface area contributed by atoms with Crippen LogP contribution in [0.25, 0.3) is 0 Å². The molecule has 0 atom stereocenters. The van der Waals surface area contributed by atoms with Gasteiger partial charge in [0.05, 0.1) is 18.6 Å². The monoisotopic (exact) mass is 521 g/mol. The van der Waals surface area contributed by atoms with Crippen molar-refractivity contribution in [1.82, 2.24) is 29.1 Å². The first-order valence-electron chi connectivity index (χ1n) is 9.80. The number of anilines is 3. The average molecular weight is 521 g/mol. The third-order valence-corrected chi connectivity index (χ3v) is 3.43. The number of aromatic nitrogens is 6. The van der Waals surface area contributed by atoms with Crippen molar-refractivity contribution < 1.29 is 32.7 Å². The van der Waals surface area contributed by atoms with Crippen molar-refractivity contribution in [2.75, 3.05) is 35.6 Å². The van der Waals surface area contributed by atoms with Crippen molar-refractivity contribution >= 4 is 17.5 Å². The van der Waals surface area contributed by atoms with Crippen LogP contribution in [-0.4, -0.2) is 64.4 Å². The minimum atomic E-state index is -0.677. The van der Waals surface area contributed by atoms with Crippen LogP contribution in [0, 0.1) is 0 Å². The zero-order valence-corrected chi connectivity index (χ0v) is 19.8. The summed E-state index contributed by atoms with van der Waals surface area (Å²) in [7, 11) is 0. The van der Waals surface area contributed by atoms with E-state index in [1.165, 1.54) is 36.8 Å². The van der Waals surface area contributed by atoms with Crippen molar-refractivity contribution in [2.24, 2.45) is 0 Å². The van der Waals surface area contributed by atoms with Crippen LogP contribution in [0.4, 0.5) is 17.5 Å². The van der Waals surface area contributed by atoms with Crippen LogP contribution in [0.5, 0.6) is 0 Å². The van der Waals surface area contributed by atoms with Crippen molar-refractivity contribution in [3.63, 3.8) is 0 Å². The van der Waals surface area contributed by atoms with Gasteiger partial charge in [-0.3, -0.25) is 0 Å². The summed E-state index contributed by atoms with van der Waals surface area (Å²) in [6.07, 6.45) is 3.73. The molecule has 0 bridgehead atoms. The molecule has 0 radical (unpaired) electrons. The van der Waals surface area contributed by atoms with E-state index in [2.05, 4.69) is 30.9 Å². The van der Waals surface area contributed by atoms with Crippen LogP contribution in [-0.2, 0) is 17.1 Å². The van der Waals surface area contributed by atoms with E-state index >= 15 is 0 Å². The Bertz CT molecular complexity index is 1040. The van der Waals surface area contributed by atoms with Crippen LogP contribution in [0.2, 0.25) is 0 Å². The number of nitrogens with one attached hydrogen (secondary N) is 3. The fraction of sp³-hybridized carbons (Fsp3) is 0.333. The van der Waals surface area contributed by atoms with Crippen molar-refractivity contribution in [3.05, 3.63) is 68.2 Å². The van der Waals surface area contributed by atoms with Crippen LogP contribution < -0.4 is 33.0 Å². The molecule has 34 heavy (non-hydrogen) atoms. The molecule has 0 spiro atoms. The van der Waals surface area contributed by atoms with Crippen LogP contribution >= 0.6 is 0 Å². The number of nitrogens with zero attached hydrogens (tertiary/aromatic N) is 6. The molecule has 0 saturated carbocycles. The maximum absolute atomic E-state index is 10.7. The van der Waals surface area contributed by atoms with Crippen LogP contribution in [0.1, 0.15) is 20.8 Å². The molecule has 0 aromatic carbocycles. The first kappa shape index (κ1) is 30.0. The van der Waals surface area contributed by atoms with Crippen LogP contribution in [0.3, 0.4) is 0 Å². The van der Waals surface area contributed by atoms with E-state index in [0.29, 0.717) is 51.3 Å². The Morgan fingerprint density at radius 3 is 1.03 bits per heavy atom. The topological polar surface area (TPSA) is 201 Å². The fourth-order valence-corrected chi connectivity index (χ4v) is 2.03. The molecule has 15 nitrogen and oxygen atoms in total. The zero-order chi connectivity index (χ0) is 24.8. The molecule has 0 aliphatic heterocycles. The van der Waals surface area contributed by atoms with Crippen LogP contribution in [0.15, 0.2) is 51.2 Å². The van der Waals surface area contributed by atoms with Gasteiger partial charge in [0.15, 0.2) is 0 Å². The van der Waals surface area contributed by atoms with Gasteiger partial charge in [-0.25, -0.2) is 14.4 Å². The molecule has 6 N–H and O–H groups in total. The summed E-state index contributed by atoms with van der Waals surface area (Å²) in [5.74, 6) is 1.42. The van der Waals surface area contributed by atoms with Crippen molar-refractivity contribution in [1.29, 1.82) is 0 Å². The van der Waals surface area contributed by atoms with Gasteiger partial charge in [-0.2, -0.15) is 15.0 Å². The maximum atomic E-state index is 10.7. The quantitative estimate of drug-likeness (QED) is 0.184. The molecular formula is C18H27FeN9O6. The average Bonchev–Trinajstić information content (AvgIpc) is 2.78. The molecular weight excluding hydrogens is 494 g/mol. The molecule has 188 valence electrons. The maximum Gasteiger partial charge on any atom is 0.382 e. The Morgan fingerprint density at radius 1 is 0.618 bits per heavy atom. The van der Waals surface area contributed by atoms with Gasteiger partial charge in [-0.05, 0) is 20.8 Å². The molecule has 0 fully saturated rings. The molecule has 0 saturated heterocycles. The van der Waals surface area contributed by atoms with Gasteiger partial charge in [0.2, 0.25) is 0 Å². The minimum absolute atomic E-state index is 0. The molecule has 3 rings (SSSR count). The second-order valence-electron chi connectivity index (χ2n) is 5.91. The van der Waals surface area contributed by atoms with E-state index in [1.807, 2.05) is 20.8 Å². The largest absolute Gasteiger partial charge is 0.424 e. The van der Waals surface area contributed by atoms with E-state index in [1.54, 1.807) is 0 Å². The number of rotatable bonds is 6. The van der Waals surface area contributed by atoms with Gasteiger partial charge in [0, 0.05) is 54.9 Å². The zero-order valence-electron chi connectivity index (χ0n) is 18.7. The third-order valence-electron chi connectivity index (χ3n) is 3.43. The first-order valence-corrected chi connectivity index (χ1v) is 9.80. The van der Waals surface area contributed by atoms with Gasteiger partial charge in [0.1, 0.15) is 17.5 Å². The minimum Gasteiger partial charge on any atom is -0.424 e. The Morgan fingerprint density at radius 2 is 0.853 bits per heavy atom. The second kappa shape index (κ2) is 15.7.